The quantitative estimate of drug-likeness (QED) is 0.298. The molecule has 0 bridgehead atoms. The Balaban J connectivity index is 2.81. The van der Waals surface area contributed by atoms with Crippen molar-refractivity contribution in [3.05, 3.63) is 28.8 Å². The lowest BCUT2D eigenvalue weighted by Gasteiger charge is -2.42. The molecule has 4 unspecified atom stereocenters. The summed E-state index contributed by atoms with van der Waals surface area (Å²) < 4.78 is 11.5. The van der Waals surface area contributed by atoms with E-state index in [9.17, 15) is 0 Å². The van der Waals surface area contributed by atoms with Crippen molar-refractivity contribution >= 4 is 21.8 Å². The number of hydrogen-bond acceptors (Lipinski definition) is 2. The van der Waals surface area contributed by atoms with Gasteiger partial charge in [0.1, 0.15) is 16.5 Å². The topological polar surface area (TPSA) is 21.3 Å². The molecule has 1 aromatic rings. The van der Waals surface area contributed by atoms with Gasteiger partial charge >= 0.3 is 0 Å². The van der Waals surface area contributed by atoms with Gasteiger partial charge in [0.2, 0.25) is 0 Å². The molecule has 0 aromatic heterocycles. The summed E-state index contributed by atoms with van der Waals surface area (Å²) >= 11 is 0. The first-order valence-corrected chi connectivity index (χ1v) is 18.8. The molecule has 4 heteroatoms. The van der Waals surface area contributed by atoms with Crippen molar-refractivity contribution < 1.29 is 4.52 Å². The second-order valence-electron chi connectivity index (χ2n) is 15.8. The van der Waals surface area contributed by atoms with Crippen molar-refractivity contribution in [3.63, 3.8) is 0 Å². The van der Waals surface area contributed by atoms with Crippen molar-refractivity contribution in [2.75, 3.05) is 0 Å². The summed E-state index contributed by atoms with van der Waals surface area (Å²) in [6.45, 7) is 35.8. The largest absolute Gasteiger partial charge is 0.337 e. The Labute approximate surface area is 221 Å². The highest BCUT2D eigenvalue weighted by Gasteiger charge is 2.39. The lowest BCUT2D eigenvalue weighted by atomic mass is 9.75. The van der Waals surface area contributed by atoms with Crippen LogP contribution in [0.15, 0.2) is 12.1 Å². The van der Waals surface area contributed by atoms with Crippen LogP contribution in [0.5, 0.6) is 0 Å². The van der Waals surface area contributed by atoms with Crippen LogP contribution in [-0.4, -0.2) is 14.3 Å². The molecule has 0 saturated heterocycles. The maximum atomic E-state index is 7.38. The van der Waals surface area contributed by atoms with E-state index in [4.69, 9.17) is 4.52 Å². The molecule has 35 heavy (non-hydrogen) atoms. The van der Waals surface area contributed by atoms with Crippen LogP contribution in [0.1, 0.15) is 119 Å². The van der Waals surface area contributed by atoms with Gasteiger partial charge in [0.15, 0.2) is 0 Å². The third-order valence-electron chi connectivity index (χ3n) is 7.43. The summed E-state index contributed by atoms with van der Waals surface area (Å²) in [4.78, 5) is 0. The standard InChI is InChI=1S/C31H58NOPSi/c1-21(2)24-17-16-22(3)18-27(24)33-34(32-35(13,14)15)28-25(30(7,8)9)19-23(29(4,5)6)20-26(28)31(10,11)12/h19-22,24,27,32H,16-18H2,1-15H3. The minimum absolute atomic E-state index is 0.0406. The van der Waals surface area contributed by atoms with Gasteiger partial charge in [-0.2, -0.15) is 0 Å². The molecule has 0 aliphatic heterocycles. The fourth-order valence-corrected chi connectivity index (χ4v) is 10.2. The van der Waals surface area contributed by atoms with E-state index in [1.165, 1.54) is 41.3 Å². The predicted octanol–water partition coefficient (Wildman–Crippen LogP) is 9.42. The molecule has 0 heterocycles. The van der Waals surface area contributed by atoms with Crippen LogP contribution in [0, 0.1) is 17.8 Å². The molecule has 1 fully saturated rings. The Morgan fingerprint density at radius 2 is 1.34 bits per heavy atom. The van der Waals surface area contributed by atoms with Crippen molar-refractivity contribution in [1.29, 1.82) is 0 Å². The third-order valence-corrected chi connectivity index (χ3v) is 12.3. The Morgan fingerprint density at radius 1 is 0.857 bits per heavy atom. The lowest BCUT2D eigenvalue weighted by Crippen LogP contribution is -2.45. The Hall–Kier alpha value is -0.213. The molecule has 1 aliphatic rings. The Bertz CT molecular complexity index is 816. The van der Waals surface area contributed by atoms with E-state index in [2.05, 4.69) is 120 Å². The zero-order valence-electron chi connectivity index (χ0n) is 25.9. The van der Waals surface area contributed by atoms with Crippen LogP contribution in [0.25, 0.3) is 0 Å². The Kier molecular flexibility index (Phi) is 9.64. The monoisotopic (exact) mass is 519 g/mol. The van der Waals surface area contributed by atoms with Crippen molar-refractivity contribution in [1.82, 2.24) is 4.75 Å². The minimum atomic E-state index is -1.61. The normalized spacial score (nSPS) is 23.6. The van der Waals surface area contributed by atoms with Crippen LogP contribution in [0.3, 0.4) is 0 Å². The van der Waals surface area contributed by atoms with Gasteiger partial charge < -0.3 is 4.52 Å². The summed E-state index contributed by atoms with van der Waals surface area (Å²) in [5.41, 5.74) is 4.56. The minimum Gasteiger partial charge on any atom is -0.337 e. The molecule has 1 aliphatic carbocycles. The molecule has 1 N–H and O–H groups in total. The maximum absolute atomic E-state index is 7.38. The summed E-state index contributed by atoms with van der Waals surface area (Å²) in [5.74, 6) is 2.04. The number of hydrogen-bond donors (Lipinski definition) is 1. The fourth-order valence-electron chi connectivity index (χ4n) is 5.24. The molecule has 4 atom stereocenters. The molecule has 0 amide bonds. The fraction of sp³-hybridized carbons (Fsp3) is 0.806. The van der Waals surface area contributed by atoms with E-state index in [-0.39, 0.29) is 16.2 Å². The van der Waals surface area contributed by atoms with Crippen LogP contribution in [-0.2, 0) is 20.8 Å². The number of rotatable bonds is 6. The average Bonchev–Trinajstić information content (AvgIpc) is 2.63. The molecule has 0 radical (unpaired) electrons. The van der Waals surface area contributed by atoms with E-state index in [1.54, 1.807) is 0 Å². The zero-order valence-corrected chi connectivity index (χ0v) is 27.8. The van der Waals surface area contributed by atoms with Crippen molar-refractivity contribution in [2.45, 2.75) is 144 Å². The number of benzene rings is 1. The first-order chi connectivity index (χ1) is 15.6. The summed E-state index contributed by atoms with van der Waals surface area (Å²) in [6.07, 6.45) is 4.14. The first kappa shape index (κ1) is 31.0. The highest BCUT2D eigenvalue weighted by Crippen LogP contribution is 2.48. The molecular weight excluding hydrogens is 461 g/mol. The van der Waals surface area contributed by atoms with Gasteiger partial charge in [-0.3, -0.25) is 4.75 Å². The van der Waals surface area contributed by atoms with E-state index >= 15 is 0 Å². The van der Waals surface area contributed by atoms with Crippen LogP contribution < -0.4 is 10.1 Å². The third kappa shape index (κ3) is 8.39. The second kappa shape index (κ2) is 10.9. The second-order valence-corrected chi connectivity index (χ2v) is 22.4. The van der Waals surface area contributed by atoms with E-state index in [0.29, 0.717) is 17.9 Å². The molecule has 0 spiro atoms. The van der Waals surface area contributed by atoms with Crippen LogP contribution >= 0.6 is 8.30 Å². The van der Waals surface area contributed by atoms with Crippen LogP contribution in [0.2, 0.25) is 19.6 Å². The summed E-state index contributed by atoms with van der Waals surface area (Å²) in [5, 5.41) is 1.47. The Morgan fingerprint density at radius 3 is 1.71 bits per heavy atom. The maximum Gasteiger partial charge on any atom is 0.128 e. The lowest BCUT2D eigenvalue weighted by molar-refractivity contribution is 0.0558. The van der Waals surface area contributed by atoms with Crippen molar-refractivity contribution in [2.24, 2.45) is 17.8 Å². The highest BCUT2D eigenvalue weighted by atomic mass is 31.2. The van der Waals surface area contributed by atoms with Gasteiger partial charge in [0.25, 0.3) is 0 Å². The number of nitrogens with one attached hydrogen (secondary N) is 1. The zero-order chi connectivity index (χ0) is 27.1. The highest BCUT2D eigenvalue weighted by molar-refractivity contribution is 7.61. The molecule has 1 saturated carbocycles. The summed E-state index contributed by atoms with van der Waals surface area (Å²) in [7, 11) is -2.56. The molecule has 2 rings (SSSR count). The molecular formula is C31H58NOPSi. The predicted molar refractivity (Wildman–Crippen MR) is 162 cm³/mol. The van der Waals surface area contributed by atoms with Gasteiger partial charge in [-0.25, -0.2) is 0 Å². The summed E-state index contributed by atoms with van der Waals surface area (Å²) in [6, 6.07) is 5.02. The molecule has 202 valence electrons. The van der Waals surface area contributed by atoms with Gasteiger partial charge in [0, 0.05) is 5.30 Å². The van der Waals surface area contributed by atoms with Gasteiger partial charge in [-0.15, -0.1) is 0 Å². The van der Waals surface area contributed by atoms with E-state index < -0.39 is 16.5 Å². The van der Waals surface area contributed by atoms with E-state index in [1.807, 2.05) is 0 Å². The van der Waals surface area contributed by atoms with Gasteiger partial charge in [-0.05, 0) is 63.5 Å². The molecule has 1 aromatic carbocycles. The SMILES string of the molecule is CC1CCC(C(C)C)C(OP(N[Si](C)(C)C)c2c(C(C)(C)C)cc(C(C)(C)C)cc2C(C)(C)C)C1. The van der Waals surface area contributed by atoms with Gasteiger partial charge in [0.05, 0.1) is 6.10 Å². The average molecular weight is 520 g/mol. The van der Waals surface area contributed by atoms with Crippen LogP contribution in [0.4, 0.5) is 0 Å². The van der Waals surface area contributed by atoms with E-state index in [0.717, 1.165) is 5.92 Å². The van der Waals surface area contributed by atoms with Gasteiger partial charge in [-0.1, -0.05) is 121 Å². The first-order valence-electron chi connectivity index (χ1n) is 14.1. The molecule has 2 nitrogen and oxygen atoms in total. The smallest absolute Gasteiger partial charge is 0.128 e. The van der Waals surface area contributed by atoms with Crippen molar-refractivity contribution in [3.8, 4) is 0 Å².